The van der Waals surface area contributed by atoms with Gasteiger partial charge in [-0.15, -0.1) is 12.4 Å². The Labute approximate surface area is 212 Å². The Hall–Kier alpha value is -1.81. The van der Waals surface area contributed by atoms with Crippen molar-refractivity contribution in [2.24, 2.45) is 0 Å². The lowest BCUT2D eigenvalue weighted by molar-refractivity contribution is 0.0391. The second-order valence-electron chi connectivity index (χ2n) is 7.18. The molecule has 0 aliphatic carbocycles. The van der Waals surface area contributed by atoms with Gasteiger partial charge in [-0.2, -0.15) is 0 Å². The molecule has 0 atom stereocenters. The SMILES string of the molecule is COc1ccc(Cl)cc1C(=O)N(CCN1CCOCC1)c1nc2c(OC)ccc(Cl)c2s1.Cl. The molecule has 7 nitrogen and oxygen atoms in total. The molecule has 0 bridgehead atoms. The largest absolute Gasteiger partial charge is 0.496 e. The molecular formula is C22H24Cl3N3O4S. The lowest BCUT2D eigenvalue weighted by Gasteiger charge is -2.29. The third-order valence-electron chi connectivity index (χ3n) is 5.28. The molecule has 2 aromatic carbocycles. The lowest BCUT2D eigenvalue weighted by Crippen LogP contribution is -2.43. The van der Waals surface area contributed by atoms with Gasteiger partial charge in [-0.05, 0) is 30.3 Å². The van der Waals surface area contributed by atoms with Crippen molar-refractivity contribution in [3.05, 3.63) is 45.9 Å². The molecule has 11 heteroatoms. The van der Waals surface area contributed by atoms with Crippen LogP contribution in [0, 0.1) is 0 Å². The molecule has 33 heavy (non-hydrogen) atoms. The number of carbonyl (C=O) groups is 1. The van der Waals surface area contributed by atoms with E-state index in [1.165, 1.54) is 18.4 Å². The highest BCUT2D eigenvalue weighted by Crippen LogP contribution is 2.39. The zero-order chi connectivity index (χ0) is 22.7. The molecular weight excluding hydrogens is 509 g/mol. The Bertz CT molecular complexity index is 1120. The molecule has 1 amide bonds. The number of anilines is 1. The molecule has 1 aromatic heterocycles. The quantitative estimate of drug-likeness (QED) is 0.426. The Morgan fingerprint density at radius 1 is 1.15 bits per heavy atom. The first kappa shape index (κ1) is 25.8. The molecule has 1 fully saturated rings. The number of amides is 1. The van der Waals surface area contributed by atoms with E-state index >= 15 is 0 Å². The summed E-state index contributed by atoms with van der Waals surface area (Å²) in [5.41, 5.74) is 1.00. The first-order valence-electron chi connectivity index (χ1n) is 10.1. The summed E-state index contributed by atoms with van der Waals surface area (Å²) in [6.07, 6.45) is 0. The fourth-order valence-corrected chi connectivity index (χ4v) is 5.02. The van der Waals surface area contributed by atoms with Crippen LogP contribution in [0.4, 0.5) is 5.13 Å². The number of halogens is 3. The van der Waals surface area contributed by atoms with Crippen molar-refractivity contribution >= 4 is 68.2 Å². The molecule has 1 aliphatic heterocycles. The summed E-state index contributed by atoms with van der Waals surface area (Å²) in [5.74, 6) is 0.812. The molecule has 0 spiro atoms. The van der Waals surface area contributed by atoms with Crippen LogP contribution >= 0.6 is 46.9 Å². The maximum atomic E-state index is 13.7. The van der Waals surface area contributed by atoms with Gasteiger partial charge in [0, 0.05) is 31.2 Å². The third-order valence-corrected chi connectivity index (χ3v) is 7.05. The van der Waals surface area contributed by atoms with E-state index in [0.717, 1.165) is 17.8 Å². The maximum absolute atomic E-state index is 13.7. The average Bonchev–Trinajstić information content (AvgIpc) is 3.26. The maximum Gasteiger partial charge on any atom is 0.263 e. The smallest absolute Gasteiger partial charge is 0.263 e. The van der Waals surface area contributed by atoms with E-state index in [9.17, 15) is 4.79 Å². The number of nitrogens with zero attached hydrogens (tertiary/aromatic N) is 3. The summed E-state index contributed by atoms with van der Waals surface area (Å²) in [6, 6.07) is 8.54. The van der Waals surface area contributed by atoms with E-state index in [2.05, 4.69) is 4.90 Å². The predicted octanol–water partition coefficient (Wildman–Crippen LogP) is 5.02. The van der Waals surface area contributed by atoms with Gasteiger partial charge in [0.25, 0.3) is 5.91 Å². The average molecular weight is 533 g/mol. The second kappa shape index (κ2) is 11.6. The van der Waals surface area contributed by atoms with Crippen LogP contribution in [0.5, 0.6) is 11.5 Å². The van der Waals surface area contributed by atoms with Gasteiger partial charge >= 0.3 is 0 Å². The number of thiazole rings is 1. The van der Waals surface area contributed by atoms with E-state index in [1.807, 2.05) is 0 Å². The minimum atomic E-state index is -0.244. The first-order chi connectivity index (χ1) is 15.5. The minimum absolute atomic E-state index is 0. The third kappa shape index (κ3) is 5.65. The van der Waals surface area contributed by atoms with Crippen molar-refractivity contribution in [3.8, 4) is 11.5 Å². The van der Waals surface area contributed by atoms with Crippen LogP contribution in [0.3, 0.4) is 0 Å². The Morgan fingerprint density at radius 2 is 1.85 bits per heavy atom. The molecule has 1 saturated heterocycles. The highest BCUT2D eigenvalue weighted by molar-refractivity contribution is 7.23. The summed E-state index contributed by atoms with van der Waals surface area (Å²) in [6.45, 7) is 4.13. The molecule has 0 saturated carbocycles. The number of hydrogen-bond acceptors (Lipinski definition) is 7. The molecule has 178 valence electrons. The van der Waals surface area contributed by atoms with Crippen molar-refractivity contribution in [2.75, 3.05) is 58.5 Å². The summed E-state index contributed by atoms with van der Waals surface area (Å²) in [5, 5.41) is 1.55. The second-order valence-corrected chi connectivity index (χ2v) is 9.00. The van der Waals surface area contributed by atoms with Gasteiger partial charge < -0.3 is 14.2 Å². The van der Waals surface area contributed by atoms with Gasteiger partial charge in [-0.3, -0.25) is 14.6 Å². The molecule has 2 heterocycles. The molecule has 0 radical (unpaired) electrons. The van der Waals surface area contributed by atoms with Crippen molar-refractivity contribution in [2.45, 2.75) is 0 Å². The number of hydrogen-bond donors (Lipinski definition) is 0. The standard InChI is InChI=1S/C22H23Cl2N3O4S.ClH/c1-29-17-5-3-14(23)13-15(17)21(28)27(8-7-26-9-11-31-12-10-26)22-25-19-18(30-2)6-4-16(24)20(19)32-22;/h3-6,13H,7-12H2,1-2H3;1H. The van der Waals surface area contributed by atoms with Gasteiger partial charge in [0.1, 0.15) is 17.0 Å². The number of aromatic nitrogens is 1. The van der Waals surface area contributed by atoms with Crippen molar-refractivity contribution in [1.82, 2.24) is 9.88 Å². The molecule has 4 rings (SSSR count). The number of benzene rings is 2. The van der Waals surface area contributed by atoms with Gasteiger partial charge in [0.15, 0.2) is 5.13 Å². The van der Waals surface area contributed by atoms with Crippen molar-refractivity contribution in [1.29, 1.82) is 0 Å². The normalized spacial score (nSPS) is 14.1. The fourth-order valence-electron chi connectivity index (χ4n) is 3.56. The van der Waals surface area contributed by atoms with Crippen LogP contribution in [0.15, 0.2) is 30.3 Å². The first-order valence-corrected chi connectivity index (χ1v) is 11.7. The number of rotatable bonds is 7. The summed E-state index contributed by atoms with van der Waals surface area (Å²) in [7, 11) is 3.11. The zero-order valence-electron chi connectivity index (χ0n) is 18.2. The van der Waals surface area contributed by atoms with Gasteiger partial charge in [0.2, 0.25) is 0 Å². The highest BCUT2D eigenvalue weighted by atomic mass is 35.5. The number of methoxy groups -OCH3 is 2. The Morgan fingerprint density at radius 3 is 2.55 bits per heavy atom. The number of carbonyl (C=O) groups excluding carboxylic acids is 1. The number of fused-ring (bicyclic) bond motifs is 1. The molecule has 3 aromatic rings. The summed E-state index contributed by atoms with van der Waals surface area (Å²) < 4.78 is 17.1. The molecule has 0 N–H and O–H groups in total. The predicted molar refractivity (Wildman–Crippen MR) is 135 cm³/mol. The Kier molecular flexibility index (Phi) is 9.03. The number of ether oxygens (including phenoxy) is 3. The van der Waals surface area contributed by atoms with Crippen LogP contribution in [0.1, 0.15) is 10.4 Å². The Balaban J connectivity index is 0.00000306. The van der Waals surface area contributed by atoms with E-state index in [0.29, 0.717) is 64.1 Å². The van der Waals surface area contributed by atoms with Crippen molar-refractivity contribution in [3.63, 3.8) is 0 Å². The van der Waals surface area contributed by atoms with Crippen LogP contribution in [0.25, 0.3) is 10.2 Å². The lowest BCUT2D eigenvalue weighted by atomic mass is 10.1. The molecule has 1 aliphatic rings. The van der Waals surface area contributed by atoms with E-state index in [4.69, 9.17) is 42.4 Å². The summed E-state index contributed by atoms with van der Waals surface area (Å²) >= 11 is 14.0. The number of morpholine rings is 1. The zero-order valence-corrected chi connectivity index (χ0v) is 21.3. The fraction of sp³-hybridized carbons (Fsp3) is 0.364. The summed E-state index contributed by atoms with van der Waals surface area (Å²) in [4.78, 5) is 22.4. The van der Waals surface area contributed by atoms with Crippen LogP contribution < -0.4 is 14.4 Å². The minimum Gasteiger partial charge on any atom is -0.496 e. The van der Waals surface area contributed by atoms with E-state index in [-0.39, 0.29) is 18.3 Å². The van der Waals surface area contributed by atoms with Crippen LogP contribution in [-0.4, -0.2) is 69.4 Å². The van der Waals surface area contributed by atoms with Crippen LogP contribution in [-0.2, 0) is 4.74 Å². The topological polar surface area (TPSA) is 64.1 Å². The van der Waals surface area contributed by atoms with Gasteiger partial charge in [-0.25, -0.2) is 4.98 Å². The molecule has 0 unspecified atom stereocenters. The monoisotopic (exact) mass is 531 g/mol. The van der Waals surface area contributed by atoms with Crippen molar-refractivity contribution < 1.29 is 19.0 Å². The van der Waals surface area contributed by atoms with E-state index in [1.54, 1.807) is 42.3 Å². The highest BCUT2D eigenvalue weighted by Gasteiger charge is 2.26. The van der Waals surface area contributed by atoms with Crippen LogP contribution in [0.2, 0.25) is 10.0 Å². The van der Waals surface area contributed by atoms with Gasteiger partial charge in [-0.1, -0.05) is 34.5 Å². The van der Waals surface area contributed by atoms with E-state index < -0.39 is 0 Å². The van der Waals surface area contributed by atoms with Gasteiger partial charge in [0.05, 0.1) is 42.7 Å².